The Bertz CT molecular complexity index is 1040. The molecular weight excluding hydrogens is 432 g/mol. The SMILES string of the molecule is CC[C@@H](C)NC(=O)[C@H](CC)N(Cc1cccc(C)c1)C(=O)CC(c1ccccc1)c1ccccc1. The number of aryl methyl sites for hydroxylation is 1. The zero-order chi connectivity index (χ0) is 25.2. The highest BCUT2D eigenvalue weighted by atomic mass is 16.2. The number of carbonyl (C=O) groups excluding carboxylic acids is 2. The predicted molar refractivity (Wildman–Crippen MR) is 143 cm³/mol. The van der Waals surface area contributed by atoms with Crippen LogP contribution in [0.1, 0.15) is 68.2 Å². The molecule has 0 aliphatic heterocycles. The Hall–Kier alpha value is -3.40. The molecule has 0 radical (unpaired) electrons. The highest BCUT2D eigenvalue weighted by molar-refractivity contribution is 5.88. The molecule has 0 saturated carbocycles. The number of nitrogens with zero attached hydrogens (tertiary/aromatic N) is 1. The molecule has 2 atom stereocenters. The Morgan fingerprint density at radius 2 is 1.43 bits per heavy atom. The summed E-state index contributed by atoms with van der Waals surface area (Å²) >= 11 is 0. The molecule has 3 aromatic rings. The molecule has 0 heterocycles. The number of hydrogen-bond donors (Lipinski definition) is 1. The van der Waals surface area contributed by atoms with Gasteiger partial charge in [-0.1, -0.05) is 104 Å². The van der Waals surface area contributed by atoms with Gasteiger partial charge in [0.1, 0.15) is 6.04 Å². The Labute approximate surface area is 210 Å². The monoisotopic (exact) mass is 470 g/mol. The zero-order valence-electron chi connectivity index (χ0n) is 21.4. The van der Waals surface area contributed by atoms with Gasteiger partial charge in [0.2, 0.25) is 11.8 Å². The predicted octanol–water partition coefficient (Wildman–Crippen LogP) is 6.24. The minimum Gasteiger partial charge on any atom is -0.352 e. The molecule has 4 nitrogen and oxygen atoms in total. The summed E-state index contributed by atoms with van der Waals surface area (Å²) in [6.07, 6.45) is 1.70. The van der Waals surface area contributed by atoms with Crippen molar-refractivity contribution in [3.8, 4) is 0 Å². The summed E-state index contributed by atoms with van der Waals surface area (Å²) in [6, 6.07) is 28.0. The van der Waals surface area contributed by atoms with Crippen LogP contribution >= 0.6 is 0 Å². The van der Waals surface area contributed by atoms with Crippen molar-refractivity contribution in [3.05, 3.63) is 107 Å². The third kappa shape index (κ3) is 7.29. The molecule has 0 aliphatic rings. The van der Waals surface area contributed by atoms with E-state index < -0.39 is 6.04 Å². The summed E-state index contributed by atoms with van der Waals surface area (Å²) in [6.45, 7) is 8.47. The molecule has 184 valence electrons. The van der Waals surface area contributed by atoms with Crippen molar-refractivity contribution in [2.45, 2.75) is 71.5 Å². The lowest BCUT2D eigenvalue weighted by atomic mass is 9.88. The first kappa shape index (κ1) is 26.2. The van der Waals surface area contributed by atoms with Gasteiger partial charge in [-0.2, -0.15) is 0 Å². The molecule has 1 N–H and O–H groups in total. The second-order valence-corrected chi connectivity index (χ2v) is 9.33. The number of rotatable bonds is 11. The fourth-order valence-electron chi connectivity index (χ4n) is 4.46. The van der Waals surface area contributed by atoms with Gasteiger partial charge in [-0.05, 0) is 43.4 Å². The van der Waals surface area contributed by atoms with Gasteiger partial charge in [0, 0.05) is 24.9 Å². The molecule has 0 saturated heterocycles. The van der Waals surface area contributed by atoms with Crippen molar-refractivity contribution in [1.29, 1.82) is 0 Å². The number of benzene rings is 3. The second-order valence-electron chi connectivity index (χ2n) is 9.33. The van der Waals surface area contributed by atoms with Crippen molar-refractivity contribution in [3.63, 3.8) is 0 Å². The maximum Gasteiger partial charge on any atom is 0.243 e. The molecule has 35 heavy (non-hydrogen) atoms. The fraction of sp³-hybridized carbons (Fsp3) is 0.355. The molecule has 0 aliphatic carbocycles. The summed E-state index contributed by atoms with van der Waals surface area (Å²) in [5.41, 5.74) is 4.36. The van der Waals surface area contributed by atoms with Crippen LogP contribution < -0.4 is 5.32 Å². The van der Waals surface area contributed by atoms with Crippen LogP contribution in [0, 0.1) is 6.92 Å². The minimum atomic E-state index is -0.524. The summed E-state index contributed by atoms with van der Waals surface area (Å²) in [7, 11) is 0. The molecule has 0 bridgehead atoms. The van der Waals surface area contributed by atoms with Crippen LogP contribution in [0.25, 0.3) is 0 Å². The maximum absolute atomic E-state index is 14.0. The smallest absolute Gasteiger partial charge is 0.243 e. The van der Waals surface area contributed by atoms with Crippen molar-refractivity contribution < 1.29 is 9.59 Å². The van der Waals surface area contributed by atoms with Crippen LogP contribution in [0.3, 0.4) is 0 Å². The minimum absolute atomic E-state index is 0.0182. The van der Waals surface area contributed by atoms with Gasteiger partial charge in [-0.25, -0.2) is 0 Å². The van der Waals surface area contributed by atoms with E-state index in [2.05, 4.69) is 35.6 Å². The van der Waals surface area contributed by atoms with Gasteiger partial charge in [0.15, 0.2) is 0 Å². The highest BCUT2D eigenvalue weighted by Crippen LogP contribution is 2.29. The highest BCUT2D eigenvalue weighted by Gasteiger charge is 2.31. The lowest BCUT2D eigenvalue weighted by Gasteiger charge is -2.33. The van der Waals surface area contributed by atoms with Crippen LogP contribution in [-0.2, 0) is 16.1 Å². The Kier molecular flexibility index (Phi) is 9.66. The van der Waals surface area contributed by atoms with E-state index in [4.69, 9.17) is 0 Å². The number of nitrogens with one attached hydrogen (secondary N) is 1. The first-order valence-corrected chi connectivity index (χ1v) is 12.7. The molecule has 0 spiro atoms. The van der Waals surface area contributed by atoms with Gasteiger partial charge in [0.25, 0.3) is 0 Å². The second kappa shape index (κ2) is 12.9. The zero-order valence-corrected chi connectivity index (χ0v) is 21.4. The van der Waals surface area contributed by atoms with Gasteiger partial charge in [0.05, 0.1) is 0 Å². The Morgan fingerprint density at radius 1 is 0.829 bits per heavy atom. The van der Waals surface area contributed by atoms with Crippen molar-refractivity contribution in [2.75, 3.05) is 0 Å². The van der Waals surface area contributed by atoms with E-state index in [0.29, 0.717) is 19.4 Å². The average Bonchev–Trinajstić information content (AvgIpc) is 2.88. The topological polar surface area (TPSA) is 49.4 Å². The standard InChI is InChI=1S/C31H38N2O2/c1-5-24(4)32-31(35)29(6-2)33(22-25-15-13-14-23(3)20-25)30(34)21-28(26-16-9-7-10-17-26)27-18-11-8-12-19-27/h7-20,24,28-29H,5-6,21-22H2,1-4H3,(H,32,35)/t24-,29+/m1/s1. The molecule has 3 rings (SSSR count). The summed E-state index contributed by atoms with van der Waals surface area (Å²) in [5.74, 6) is -0.186. The number of hydrogen-bond acceptors (Lipinski definition) is 2. The molecular formula is C31H38N2O2. The van der Waals surface area contributed by atoms with E-state index in [1.165, 1.54) is 0 Å². The van der Waals surface area contributed by atoms with Crippen LogP contribution in [0.2, 0.25) is 0 Å². The summed E-state index contributed by atoms with van der Waals surface area (Å²) in [4.78, 5) is 29.0. The molecule has 4 heteroatoms. The van der Waals surface area contributed by atoms with Crippen molar-refractivity contribution in [1.82, 2.24) is 10.2 Å². The molecule has 0 aromatic heterocycles. The quantitative estimate of drug-likeness (QED) is 0.361. The number of carbonyl (C=O) groups is 2. The molecule has 3 aromatic carbocycles. The van der Waals surface area contributed by atoms with Crippen molar-refractivity contribution in [2.24, 2.45) is 0 Å². The summed E-state index contributed by atoms with van der Waals surface area (Å²) in [5, 5.41) is 3.10. The van der Waals surface area contributed by atoms with Gasteiger partial charge >= 0.3 is 0 Å². The molecule has 2 amide bonds. The lowest BCUT2D eigenvalue weighted by Crippen LogP contribution is -2.51. The van der Waals surface area contributed by atoms with Crippen molar-refractivity contribution >= 4 is 11.8 Å². The molecule has 0 fully saturated rings. The normalized spacial score (nSPS) is 12.7. The van der Waals surface area contributed by atoms with E-state index in [-0.39, 0.29) is 23.8 Å². The first-order chi connectivity index (χ1) is 16.9. The van der Waals surface area contributed by atoms with Gasteiger partial charge < -0.3 is 10.2 Å². The molecule has 0 unspecified atom stereocenters. The van der Waals surface area contributed by atoms with E-state index >= 15 is 0 Å². The van der Waals surface area contributed by atoms with Crippen LogP contribution in [0.4, 0.5) is 0 Å². The fourth-order valence-corrected chi connectivity index (χ4v) is 4.46. The van der Waals surface area contributed by atoms with Crippen LogP contribution in [-0.4, -0.2) is 28.8 Å². The third-order valence-electron chi connectivity index (χ3n) is 6.60. The average molecular weight is 471 g/mol. The Morgan fingerprint density at radius 3 is 1.94 bits per heavy atom. The van der Waals surface area contributed by atoms with E-state index in [0.717, 1.165) is 28.7 Å². The van der Waals surface area contributed by atoms with E-state index in [1.54, 1.807) is 4.90 Å². The largest absolute Gasteiger partial charge is 0.352 e. The Balaban J connectivity index is 1.95. The lowest BCUT2D eigenvalue weighted by molar-refractivity contribution is -0.141. The number of amides is 2. The van der Waals surface area contributed by atoms with E-state index in [1.807, 2.05) is 82.3 Å². The third-order valence-corrected chi connectivity index (χ3v) is 6.60. The van der Waals surface area contributed by atoms with Gasteiger partial charge in [-0.15, -0.1) is 0 Å². The maximum atomic E-state index is 14.0. The van der Waals surface area contributed by atoms with Crippen LogP contribution in [0.5, 0.6) is 0 Å². The summed E-state index contributed by atoms with van der Waals surface area (Å²) < 4.78 is 0. The van der Waals surface area contributed by atoms with Crippen LogP contribution in [0.15, 0.2) is 84.9 Å². The van der Waals surface area contributed by atoms with E-state index in [9.17, 15) is 9.59 Å². The first-order valence-electron chi connectivity index (χ1n) is 12.7. The van der Waals surface area contributed by atoms with Gasteiger partial charge in [-0.3, -0.25) is 9.59 Å².